The van der Waals surface area contributed by atoms with Crippen molar-refractivity contribution in [2.75, 3.05) is 7.11 Å². The van der Waals surface area contributed by atoms with Gasteiger partial charge in [0.15, 0.2) is 0 Å². The minimum absolute atomic E-state index is 0.233. The summed E-state index contributed by atoms with van der Waals surface area (Å²) in [6, 6.07) is 8.20. The number of aryl methyl sites for hydroxylation is 2. The fourth-order valence-electron chi connectivity index (χ4n) is 3.57. The molecule has 1 aliphatic carbocycles. The molecule has 3 nitrogen and oxygen atoms in total. The lowest BCUT2D eigenvalue weighted by Crippen LogP contribution is -2.24. The van der Waals surface area contributed by atoms with Crippen LogP contribution in [0.1, 0.15) is 65.3 Å². The third-order valence-electron chi connectivity index (χ3n) is 4.95. The molecule has 0 saturated heterocycles. The quantitative estimate of drug-likeness (QED) is 0.779. The maximum atomic E-state index is 11.5. The van der Waals surface area contributed by atoms with E-state index in [-0.39, 0.29) is 11.2 Å². The molecule has 0 fully saturated rings. The van der Waals surface area contributed by atoms with E-state index in [9.17, 15) is 4.79 Å². The zero-order valence-corrected chi connectivity index (χ0v) is 14.4. The van der Waals surface area contributed by atoms with Crippen LogP contribution in [0.4, 0.5) is 0 Å². The van der Waals surface area contributed by atoms with Crippen LogP contribution in [-0.4, -0.2) is 13.1 Å². The van der Waals surface area contributed by atoms with Gasteiger partial charge in [0.1, 0.15) is 5.76 Å². The van der Waals surface area contributed by atoms with Gasteiger partial charge in [0, 0.05) is 6.42 Å². The van der Waals surface area contributed by atoms with Gasteiger partial charge in [-0.25, -0.2) is 4.79 Å². The Bertz CT molecular complexity index is 737. The van der Waals surface area contributed by atoms with Gasteiger partial charge < -0.3 is 9.15 Å². The average molecular weight is 312 g/mol. The first-order chi connectivity index (χ1) is 10.9. The molecule has 0 aliphatic heterocycles. The standard InChI is InChI=1S/C20H24O3/c1-13-10-14-6-5-9-20(2,3)17(14)12-15(13)11-16-7-8-18(23-16)19(21)22-4/h7-8,10,12H,5-6,9,11H2,1-4H3. The van der Waals surface area contributed by atoms with Crippen molar-refractivity contribution >= 4 is 5.97 Å². The number of carbonyl (C=O) groups excluding carboxylic acids is 1. The SMILES string of the molecule is COC(=O)c1ccc(Cc2cc3c(cc2C)CCCC3(C)C)o1. The van der Waals surface area contributed by atoms with E-state index >= 15 is 0 Å². The summed E-state index contributed by atoms with van der Waals surface area (Å²) < 4.78 is 10.3. The van der Waals surface area contributed by atoms with Crippen molar-refractivity contribution < 1.29 is 13.9 Å². The van der Waals surface area contributed by atoms with Crippen molar-refractivity contribution in [2.24, 2.45) is 0 Å². The highest BCUT2D eigenvalue weighted by Gasteiger charge is 2.28. The number of rotatable bonds is 3. The van der Waals surface area contributed by atoms with Gasteiger partial charge in [-0.15, -0.1) is 0 Å². The van der Waals surface area contributed by atoms with Crippen LogP contribution in [0.15, 0.2) is 28.7 Å². The molecule has 1 aliphatic rings. The van der Waals surface area contributed by atoms with Gasteiger partial charge in [0.2, 0.25) is 5.76 Å². The number of hydrogen-bond acceptors (Lipinski definition) is 3. The Kier molecular flexibility index (Phi) is 4.05. The average Bonchev–Trinajstić information content (AvgIpc) is 2.96. The molecule has 122 valence electrons. The van der Waals surface area contributed by atoms with Gasteiger partial charge in [-0.2, -0.15) is 0 Å². The smallest absolute Gasteiger partial charge is 0.373 e. The highest BCUT2D eigenvalue weighted by molar-refractivity contribution is 5.86. The zero-order chi connectivity index (χ0) is 16.6. The van der Waals surface area contributed by atoms with E-state index < -0.39 is 5.97 Å². The molecule has 0 N–H and O–H groups in total. The van der Waals surface area contributed by atoms with Gasteiger partial charge in [0.05, 0.1) is 7.11 Å². The molecule has 1 aromatic heterocycles. The van der Waals surface area contributed by atoms with Crippen molar-refractivity contribution in [1.29, 1.82) is 0 Å². The number of carbonyl (C=O) groups is 1. The summed E-state index contributed by atoms with van der Waals surface area (Å²) >= 11 is 0. The molecule has 3 rings (SSSR count). The molecule has 0 unspecified atom stereocenters. The summed E-state index contributed by atoms with van der Waals surface area (Å²) in [5.74, 6) is 0.625. The van der Waals surface area contributed by atoms with E-state index in [0.29, 0.717) is 6.42 Å². The van der Waals surface area contributed by atoms with Crippen LogP contribution in [0.3, 0.4) is 0 Å². The van der Waals surface area contributed by atoms with Gasteiger partial charge in [0.25, 0.3) is 0 Å². The maximum absolute atomic E-state index is 11.5. The molecule has 1 aromatic carbocycles. The van der Waals surface area contributed by atoms with Crippen molar-refractivity contribution in [1.82, 2.24) is 0 Å². The Hall–Kier alpha value is -2.03. The van der Waals surface area contributed by atoms with Gasteiger partial charge in [-0.05, 0) is 66.0 Å². The summed E-state index contributed by atoms with van der Waals surface area (Å²) in [4.78, 5) is 11.5. The molecule has 23 heavy (non-hydrogen) atoms. The van der Waals surface area contributed by atoms with Gasteiger partial charge in [-0.3, -0.25) is 0 Å². The Morgan fingerprint density at radius 1 is 1.30 bits per heavy atom. The van der Waals surface area contributed by atoms with Crippen molar-refractivity contribution in [3.8, 4) is 0 Å². The molecule has 0 amide bonds. The highest BCUT2D eigenvalue weighted by atomic mass is 16.5. The molecule has 1 heterocycles. The summed E-state index contributed by atoms with van der Waals surface area (Å²) in [6.45, 7) is 6.81. The number of hydrogen-bond donors (Lipinski definition) is 0. The molecule has 0 saturated carbocycles. The number of methoxy groups -OCH3 is 1. The monoisotopic (exact) mass is 312 g/mol. The van der Waals surface area contributed by atoms with Crippen LogP contribution < -0.4 is 0 Å². The first-order valence-corrected chi connectivity index (χ1v) is 8.20. The highest BCUT2D eigenvalue weighted by Crippen LogP contribution is 2.38. The second-order valence-electron chi connectivity index (χ2n) is 7.11. The minimum Gasteiger partial charge on any atom is -0.463 e. The number of benzene rings is 1. The van der Waals surface area contributed by atoms with E-state index in [2.05, 4.69) is 32.9 Å². The number of furan rings is 1. The van der Waals surface area contributed by atoms with E-state index in [4.69, 9.17) is 9.15 Å². The van der Waals surface area contributed by atoms with Crippen LogP contribution in [0, 0.1) is 6.92 Å². The van der Waals surface area contributed by atoms with E-state index in [1.807, 2.05) is 6.07 Å². The summed E-state index contributed by atoms with van der Waals surface area (Å²) in [5, 5.41) is 0. The Labute approximate surface area is 137 Å². The zero-order valence-electron chi connectivity index (χ0n) is 14.4. The first-order valence-electron chi connectivity index (χ1n) is 8.20. The fourth-order valence-corrected chi connectivity index (χ4v) is 3.57. The van der Waals surface area contributed by atoms with Crippen LogP contribution in [0.2, 0.25) is 0 Å². The predicted molar refractivity (Wildman–Crippen MR) is 90.0 cm³/mol. The number of ether oxygens (including phenoxy) is 1. The van der Waals surface area contributed by atoms with Crippen molar-refractivity contribution in [2.45, 2.75) is 51.9 Å². The summed E-state index contributed by atoms with van der Waals surface area (Å²) in [6.07, 6.45) is 4.37. The molecular formula is C20H24O3. The summed E-state index contributed by atoms with van der Waals surface area (Å²) in [5.41, 5.74) is 5.74. The summed E-state index contributed by atoms with van der Waals surface area (Å²) in [7, 11) is 1.36. The molecule has 0 atom stereocenters. The number of esters is 1. The van der Waals surface area contributed by atoms with E-state index in [1.165, 1.54) is 48.6 Å². The molecule has 0 spiro atoms. The van der Waals surface area contributed by atoms with Gasteiger partial charge >= 0.3 is 5.97 Å². The molecule has 0 radical (unpaired) electrons. The normalized spacial score (nSPS) is 16.0. The fraction of sp³-hybridized carbons (Fsp3) is 0.450. The van der Waals surface area contributed by atoms with Crippen molar-refractivity contribution in [3.05, 3.63) is 58.0 Å². The third-order valence-corrected chi connectivity index (χ3v) is 4.95. The molecular weight excluding hydrogens is 288 g/mol. The van der Waals surface area contributed by atoms with E-state index in [1.54, 1.807) is 6.07 Å². The largest absolute Gasteiger partial charge is 0.463 e. The Balaban J connectivity index is 1.91. The van der Waals surface area contributed by atoms with Gasteiger partial charge in [-0.1, -0.05) is 26.0 Å². The van der Waals surface area contributed by atoms with E-state index in [0.717, 1.165) is 5.76 Å². The lowest BCUT2D eigenvalue weighted by Gasteiger charge is -2.33. The molecule has 0 bridgehead atoms. The van der Waals surface area contributed by atoms with Crippen LogP contribution in [0.5, 0.6) is 0 Å². The molecule has 3 heteroatoms. The van der Waals surface area contributed by atoms with Crippen LogP contribution >= 0.6 is 0 Å². The Morgan fingerprint density at radius 3 is 2.83 bits per heavy atom. The number of fused-ring (bicyclic) bond motifs is 1. The lowest BCUT2D eigenvalue weighted by atomic mass is 9.71. The van der Waals surface area contributed by atoms with Crippen LogP contribution in [0.25, 0.3) is 0 Å². The second kappa shape index (κ2) is 5.88. The first kappa shape index (κ1) is 15.9. The predicted octanol–water partition coefficient (Wildman–Crippen LogP) is 4.58. The lowest BCUT2D eigenvalue weighted by molar-refractivity contribution is 0.0563. The topological polar surface area (TPSA) is 39.4 Å². The second-order valence-corrected chi connectivity index (χ2v) is 7.11. The maximum Gasteiger partial charge on any atom is 0.373 e. The van der Waals surface area contributed by atoms with Crippen LogP contribution in [-0.2, 0) is 23.0 Å². The molecule has 2 aromatic rings. The Morgan fingerprint density at radius 2 is 2.09 bits per heavy atom. The minimum atomic E-state index is -0.431. The van der Waals surface area contributed by atoms with Crippen molar-refractivity contribution in [3.63, 3.8) is 0 Å². The third kappa shape index (κ3) is 3.05.